The molecule has 2 rings (SSSR count). The Balaban J connectivity index is 2.25. The quantitative estimate of drug-likeness (QED) is 0.598. The Labute approximate surface area is 145 Å². The van der Waals surface area contributed by atoms with Gasteiger partial charge in [-0.1, -0.05) is 0 Å². The molecule has 2 aromatic rings. The van der Waals surface area contributed by atoms with Crippen molar-refractivity contribution >= 4 is 16.2 Å². The lowest BCUT2D eigenvalue weighted by molar-refractivity contribution is 0.349. The average Bonchev–Trinajstić information content (AvgIpc) is 2.61. The molecular weight excluding hydrogens is 351 g/mol. The second-order valence-corrected chi connectivity index (χ2v) is 6.42. The zero-order valence-electron chi connectivity index (χ0n) is 13.8. The van der Waals surface area contributed by atoms with Gasteiger partial charge in [-0.25, -0.2) is 9.22 Å². The van der Waals surface area contributed by atoms with Crippen LogP contribution in [0.3, 0.4) is 0 Å². The third kappa shape index (κ3) is 4.38. The van der Waals surface area contributed by atoms with Crippen molar-refractivity contribution in [1.29, 1.82) is 0 Å². The van der Waals surface area contributed by atoms with Crippen LogP contribution in [0.2, 0.25) is 0 Å². The first-order valence-electron chi connectivity index (χ1n) is 7.01. The molecule has 0 aliphatic carbocycles. The van der Waals surface area contributed by atoms with Crippen molar-refractivity contribution in [3.05, 3.63) is 47.8 Å². The standard InChI is InChI=1S/C16H17FN2O5S/c1-22-14-9-16(24-3)15(23-2)8-11(14)10-18-19-25(20,21)13-6-4-12(17)5-7-13/h4-10,19H,1-3H3/b18-10+. The maximum Gasteiger partial charge on any atom is 0.276 e. The molecule has 0 saturated carbocycles. The molecule has 0 fully saturated rings. The first kappa shape index (κ1) is 18.5. The zero-order valence-corrected chi connectivity index (χ0v) is 14.6. The maximum atomic E-state index is 12.9. The van der Waals surface area contributed by atoms with Crippen LogP contribution in [0.1, 0.15) is 5.56 Å². The summed E-state index contributed by atoms with van der Waals surface area (Å²) in [6.45, 7) is 0. The van der Waals surface area contributed by atoms with Crippen LogP contribution in [-0.2, 0) is 10.0 Å². The lowest BCUT2D eigenvalue weighted by Gasteiger charge is -2.11. The van der Waals surface area contributed by atoms with Crippen LogP contribution in [-0.4, -0.2) is 36.0 Å². The minimum absolute atomic E-state index is 0.106. The highest BCUT2D eigenvalue weighted by Crippen LogP contribution is 2.33. The van der Waals surface area contributed by atoms with E-state index in [1.807, 2.05) is 0 Å². The highest BCUT2D eigenvalue weighted by atomic mass is 32.2. The van der Waals surface area contributed by atoms with Crippen LogP contribution < -0.4 is 19.0 Å². The highest BCUT2D eigenvalue weighted by molar-refractivity contribution is 7.89. The summed E-state index contributed by atoms with van der Waals surface area (Å²) in [6.07, 6.45) is 1.27. The zero-order chi connectivity index (χ0) is 18.4. The third-order valence-corrected chi connectivity index (χ3v) is 4.47. The third-order valence-electron chi connectivity index (χ3n) is 3.24. The van der Waals surface area contributed by atoms with Crippen molar-refractivity contribution in [3.63, 3.8) is 0 Å². The van der Waals surface area contributed by atoms with Crippen LogP contribution in [0.25, 0.3) is 0 Å². The predicted octanol–water partition coefficient (Wildman–Crippen LogP) is 2.16. The van der Waals surface area contributed by atoms with Crippen molar-refractivity contribution < 1.29 is 27.0 Å². The Morgan fingerprint density at radius 2 is 1.52 bits per heavy atom. The number of sulfonamides is 1. The van der Waals surface area contributed by atoms with Gasteiger partial charge in [-0.3, -0.25) is 0 Å². The van der Waals surface area contributed by atoms with Crippen molar-refractivity contribution in [2.24, 2.45) is 5.10 Å². The molecule has 134 valence electrons. The van der Waals surface area contributed by atoms with Gasteiger partial charge in [0.05, 0.1) is 32.4 Å². The van der Waals surface area contributed by atoms with E-state index in [1.165, 1.54) is 27.5 Å². The van der Waals surface area contributed by atoms with Crippen molar-refractivity contribution in [1.82, 2.24) is 4.83 Å². The van der Waals surface area contributed by atoms with E-state index in [2.05, 4.69) is 9.93 Å². The van der Waals surface area contributed by atoms with Gasteiger partial charge < -0.3 is 14.2 Å². The van der Waals surface area contributed by atoms with Gasteiger partial charge in [-0.15, -0.1) is 0 Å². The van der Waals surface area contributed by atoms with Crippen LogP contribution in [0, 0.1) is 5.82 Å². The molecule has 0 saturated heterocycles. The molecule has 0 spiro atoms. The summed E-state index contributed by atoms with van der Waals surface area (Å²) in [7, 11) is 0.516. The maximum absolute atomic E-state index is 12.9. The molecular formula is C16H17FN2O5S. The first-order chi connectivity index (χ1) is 11.9. The first-order valence-corrected chi connectivity index (χ1v) is 8.50. The molecule has 0 aromatic heterocycles. The molecule has 2 aromatic carbocycles. The molecule has 0 bridgehead atoms. The second-order valence-electron chi connectivity index (χ2n) is 4.76. The summed E-state index contributed by atoms with van der Waals surface area (Å²) in [4.78, 5) is 1.95. The van der Waals surface area contributed by atoms with E-state index in [0.717, 1.165) is 24.3 Å². The van der Waals surface area contributed by atoms with E-state index in [9.17, 15) is 12.8 Å². The summed E-state index contributed by atoms with van der Waals surface area (Å²) >= 11 is 0. The fourth-order valence-electron chi connectivity index (χ4n) is 1.99. The number of benzene rings is 2. The van der Waals surface area contributed by atoms with Gasteiger partial charge in [0.15, 0.2) is 11.5 Å². The fourth-order valence-corrected chi connectivity index (χ4v) is 2.78. The number of hydrogen-bond donors (Lipinski definition) is 1. The summed E-state index contributed by atoms with van der Waals surface area (Å²) in [5.41, 5.74) is 0.474. The van der Waals surface area contributed by atoms with Crippen molar-refractivity contribution in [2.75, 3.05) is 21.3 Å². The lowest BCUT2D eigenvalue weighted by atomic mass is 10.2. The minimum atomic E-state index is -3.91. The lowest BCUT2D eigenvalue weighted by Crippen LogP contribution is -2.18. The highest BCUT2D eigenvalue weighted by Gasteiger charge is 2.13. The number of ether oxygens (including phenoxy) is 3. The SMILES string of the molecule is COc1cc(OC)c(OC)cc1/C=N/NS(=O)(=O)c1ccc(F)cc1. The smallest absolute Gasteiger partial charge is 0.276 e. The summed E-state index contributed by atoms with van der Waals surface area (Å²) in [5, 5.41) is 3.72. The number of hydrogen-bond acceptors (Lipinski definition) is 6. The van der Waals surface area contributed by atoms with Gasteiger partial charge in [0, 0.05) is 11.6 Å². The average molecular weight is 368 g/mol. The number of rotatable bonds is 7. The molecule has 7 nitrogen and oxygen atoms in total. The molecule has 0 radical (unpaired) electrons. The Bertz CT molecular complexity index is 867. The van der Waals surface area contributed by atoms with Gasteiger partial charge in [0.25, 0.3) is 10.0 Å². The molecule has 0 unspecified atom stereocenters. The second kappa shape index (κ2) is 7.84. The molecule has 1 N–H and O–H groups in total. The number of nitrogens with zero attached hydrogens (tertiary/aromatic N) is 1. The Kier molecular flexibility index (Phi) is 5.81. The van der Waals surface area contributed by atoms with Crippen molar-refractivity contribution in [2.45, 2.75) is 4.90 Å². The Morgan fingerprint density at radius 1 is 0.960 bits per heavy atom. The normalized spacial score (nSPS) is 11.4. The molecule has 0 aliphatic heterocycles. The van der Waals surface area contributed by atoms with Crippen LogP contribution in [0.15, 0.2) is 46.4 Å². The Morgan fingerprint density at radius 3 is 2.08 bits per heavy atom. The number of hydrazone groups is 1. The predicted molar refractivity (Wildman–Crippen MR) is 90.4 cm³/mol. The van der Waals surface area contributed by atoms with Crippen LogP contribution >= 0.6 is 0 Å². The van der Waals surface area contributed by atoms with Crippen LogP contribution in [0.5, 0.6) is 17.2 Å². The van der Waals surface area contributed by atoms with Gasteiger partial charge >= 0.3 is 0 Å². The molecule has 9 heteroatoms. The minimum Gasteiger partial charge on any atom is -0.496 e. The van der Waals surface area contributed by atoms with Gasteiger partial charge in [0.1, 0.15) is 11.6 Å². The fraction of sp³-hybridized carbons (Fsp3) is 0.188. The molecule has 0 amide bonds. The van der Waals surface area contributed by atoms with E-state index in [4.69, 9.17) is 14.2 Å². The number of methoxy groups -OCH3 is 3. The summed E-state index contributed by atoms with van der Waals surface area (Å²) in [6, 6.07) is 7.57. The number of nitrogens with one attached hydrogen (secondary N) is 1. The van der Waals surface area contributed by atoms with E-state index in [1.54, 1.807) is 12.1 Å². The Hall–Kier alpha value is -2.81. The molecule has 25 heavy (non-hydrogen) atoms. The summed E-state index contributed by atoms with van der Waals surface area (Å²) < 4.78 is 52.6. The molecule has 0 aliphatic rings. The molecule has 0 heterocycles. The topological polar surface area (TPSA) is 86.2 Å². The van der Waals surface area contributed by atoms with Crippen LogP contribution in [0.4, 0.5) is 4.39 Å². The summed E-state index contributed by atoms with van der Waals surface area (Å²) in [5.74, 6) is 0.787. The van der Waals surface area contributed by atoms with E-state index in [0.29, 0.717) is 22.8 Å². The van der Waals surface area contributed by atoms with E-state index in [-0.39, 0.29) is 4.90 Å². The largest absolute Gasteiger partial charge is 0.496 e. The monoisotopic (exact) mass is 368 g/mol. The molecule has 0 atom stereocenters. The van der Waals surface area contributed by atoms with Gasteiger partial charge in [0.2, 0.25) is 0 Å². The number of halogens is 1. The van der Waals surface area contributed by atoms with E-state index < -0.39 is 15.8 Å². The van der Waals surface area contributed by atoms with Crippen molar-refractivity contribution in [3.8, 4) is 17.2 Å². The van der Waals surface area contributed by atoms with E-state index >= 15 is 0 Å². The van der Waals surface area contributed by atoms with Gasteiger partial charge in [-0.05, 0) is 30.3 Å². The van der Waals surface area contributed by atoms with Gasteiger partial charge in [-0.2, -0.15) is 13.5 Å².